The first-order valence-corrected chi connectivity index (χ1v) is 12.1. The molecule has 0 saturated heterocycles. The Bertz CT molecular complexity index is 2630. The minimum absolute atomic E-state index is 0.00751. The SMILES string of the molecule is [2H]c1cc([2H])c(-c2ccc(-n3c4ccccc4c4cccc(-n5c6c([2H])c([2H])c([2H])c([2H])c6c6c([2H])c([2H])c([2H])c([2H])c65)c43)cc2)c([2H])c1. The van der Waals surface area contributed by atoms with Crippen LogP contribution in [0.5, 0.6) is 0 Å². The van der Waals surface area contributed by atoms with Crippen molar-refractivity contribution in [2.45, 2.75) is 0 Å². The summed E-state index contributed by atoms with van der Waals surface area (Å²) in [6, 6.07) is 20.1. The summed E-state index contributed by atoms with van der Waals surface area (Å²) in [5, 5.41) is 1.71. The molecule has 8 rings (SSSR count). The molecule has 2 aromatic heterocycles. The maximum atomic E-state index is 9.01. The van der Waals surface area contributed by atoms with Gasteiger partial charge in [0.1, 0.15) is 0 Å². The van der Waals surface area contributed by atoms with Gasteiger partial charge in [-0.3, -0.25) is 0 Å². The molecule has 0 atom stereocenters. The molecule has 0 bridgehead atoms. The van der Waals surface area contributed by atoms with Crippen LogP contribution in [0.2, 0.25) is 0 Å². The molecular weight excluding hydrogens is 460 g/mol. The second-order valence-corrected chi connectivity index (χ2v) is 8.97. The molecule has 0 radical (unpaired) electrons. The number of hydrogen-bond donors (Lipinski definition) is 0. The minimum atomic E-state index is -0.500. The van der Waals surface area contributed by atoms with Crippen LogP contribution >= 0.6 is 0 Å². The number of fused-ring (bicyclic) bond motifs is 6. The Labute approximate surface area is 236 Å². The van der Waals surface area contributed by atoms with E-state index in [0.717, 1.165) is 16.3 Å². The van der Waals surface area contributed by atoms with E-state index in [-0.39, 0.29) is 52.0 Å². The van der Waals surface area contributed by atoms with Gasteiger partial charge in [-0.2, -0.15) is 0 Å². The average Bonchev–Trinajstić information content (AvgIpc) is 3.62. The number of hydrogen-bond acceptors (Lipinski definition) is 0. The van der Waals surface area contributed by atoms with Crippen LogP contribution in [0.25, 0.3) is 66.1 Å². The maximum absolute atomic E-state index is 9.01. The fraction of sp³-hybridized carbons (Fsp3) is 0. The Morgan fingerprint density at radius 1 is 0.421 bits per heavy atom. The first kappa shape index (κ1) is 12.9. The number of para-hydroxylation sites is 4. The standard InChI is InChI=1S/C36H24N2/c1-2-11-25(12-3-1)26-21-23-27(24-22-26)37-32-17-7-6-15-30(32)31-16-10-20-35(36(31)37)38-33-18-8-4-13-28(33)29-14-5-9-19-34(29)38/h1-24H/i1D,4D,5D,8D,9D,11D,12D,13D,14D,18D,19D. The number of aromatic nitrogens is 2. The Kier molecular flexibility index (Phi) is 2.80. The van der Waals surface area contributed by atoms with E-state index in [0.29, 0.717) is 28.0 Å². The highest BCUT2D eigenvalue weighted by molar-refractivity contribution is 6.15. The molecule has 178 valence electrons. The van der Waals surface area contributed by atoms with E-state index in [1.807, 2.05) is 53.1 Å². The molecule has 0 aliphatic heterocycles. The molecule has 0 aliphatic rings. The van der Waals surface area contributed by atoms with E-state index in [4.69, 9.17) is 15.1 Å². The minimum Gasteiger partial charge on any atom is -0.307 e. The zero-order chi connectivity index (χ0) is 34.6. The van der Waals surface area contributed by atoms with Crippen molar-refractivity contribution in [3.05, 3.63) is 145 Å². The molecule has 0 fully saturated rings. The van der Waals surface area contributed by atoms with E-state index in [2.05, 4.69) is 0 Å². The van der Waals surface area contributed by atoms with E-state index in [9.17, 15) is 0 Å². The first-order valence-electron chi connectivity index (χ1n) is 17.6. The number of nitrogens with zero attached hydrogens (tertiary/aromatic N) is 2. The zero-order valence-electron chi connectivity index (χ0n) is 30.9. The van der Waals surface area contributed by atoms with Crippen molar-refractivity contribution in [3.63, 3.8) is 0 Å². The summed E-state index contributed by atoms with van der Waals surface area (Å²) in [6.45, 7) is 0. The van der Waals surface area contributed by atoms with Crippen molar-refractivity contribution in [2.24, 2.45) is 0 Å². The predicted octanol–water partition coefficient (Wildman–Crippen LogP) is 9.55. The lowest BCUT2D eigenvalue weighted by molar-refractivity contribution is 1.13. The maximum Gasteiger partial charge on any atom is 0.0782 e. The summed E-state index contributed by atoms with van der Waals surface area (Å²) in [7, 11) is 0. The highest BCUT2D eigenvalue weighted by atomic mass is 15.1. The summed E-state index contributed by atoms with van der Waals surface area (Å²) < 4.78 is 97.8. The molecule has 2 heterocycles. The van der Waals surface area contributed by atoms with Gasteiger partial charge >= 0.3 is 0 Å². The van der Waals surface area contributed by atoms with E-state index in [1.54, 1.807) is 18.2 Å². The average molecular weight is 496 g/mol. The normalized spacial score (nSPS) is 15.7. The third-order valence-electron chi connectivity index (χ3n) is 6.96. The third kappa shape index (κ3) is 3.01. The van der Waals surface area contributed by atoms with Gasteiger partial charge in [0.2, 0.25) is 0 Å². The Morgan fingerprint density at radius 3 is 1.82 bits per heavy atom. The van der Waals surface area contributed by atoms with Gasteiger partial charge in [0.25, 0.3) is 0 Å². The van der Waals surface area contributed by atoms with Crippen molar-refractivity contribution < 1.29 is 15.1 Å². The second-order valence-electron chi connectivity index (χ2n) is 8.97. The van der Waals surface area contributed by atoms with Crippen LogP contribution in [0.1, 0.15) is 15.1 Å². The monoisotopic (exact) mass is 495 g/mol. The molecule has 38 heavy (non-hydrogen) atoms. The second kappa shape index (κ2) is 8.22. The molecular formula is C36H24N2. The molecule has 0 N–H and O–H groups in total. The summed E-state index contributed by atoms with van der Waals surface area (Å²) in [4.78, 5) is 0. The lowest BCUT2D eigenvalue weighted by atomic mass is 10.1. The lowest BCUT2D eigenvalue weighted by Gasteiger charge is -2.14. The summed E-state index contributed by atoms with van der Waals surface area (Å²) in [5.41, 5.74) is 3.73. The third-order valence-corrected chi connectivity index (χ3v) is 6.96. The molecule has 0 aliphatic carbocycles. The van der Waals surface area contributed by atoms with E-state index >= 15 is 0 Å². The zero-order valence-corrected chi connectivity index (χ0v) is 19.9. The first-order chi connectivity index (χ1) is 23.4. The van der Waals surface area contributed by atoms with Gasteiger partial charge in [0.05, 0.1) is 42.8 Å². The highest BCUT2D eigenvalue weighted by Gasteiger charge is 2.19. The molecule has 6 aromatic carbocycles. The number of benzene rings is 6. The molecule has 0 amide bonds. The fourth-order valence-electron chi connectivity index (χ4n) is 5.37. The lowest BCUT2D eigenvalue weighted by Crippen LogP contribution is -2.00. The van der Waals surface area contributed by atoms with Crippen LogP contribution in [-0.2, 0) is 0 Å². The van der Waals surface area contributed by atoms with Crippen LogP contribution in [-0.4, -0.2) is 9.13 Å². The molecule has 2 heteroatoms. The fourth-order valence-corrected chi connectivity index (χ4v) is 5.37. The van der Waals surface area contributed by atoms with Crippen LogP contribution < -0.4 is 0 Å². The van der Waals surface area contributed by atoms with E-state index in [1.165, 1.54) is 16.7 Å². The van der Waals surface area contributed by atoms with Crippen molar-refractivity contribution in [3.8, 4) is 22.5 Å². The van der Waals surface area contributed by atoms with Gasteiger partial charge in [0, 0.05) is 27.2 Å². The Morgan fingerprint density at radius 2 is 1.08 bits per heavy atom. The highest BCUT2D eigenvalue weighted by Crippen LogP contribution is 2.39. The Hall–Kier alpha value is -5.08. The summed E-state index contributed by atoms with van der Waals surface area (Å²) >= 11 is 0. The molecule has 2 nitrogen and oxygen atoms in total. The van der Waals surface area contributed by atoms with Crippen LogP contribution in [0.4, 0.5) is 0 Å². The van der Waals surface area contributed by atoms with Gasteiger partial charge in [-0.25, -0.2) is 0 Å². The molecule has 8 aromatic rings. The van der Waals surface area contributed by atoms with Gasteiger partial charge in [0.15, 0.2) is 0 Å². The van der Waals surface area contributed by atoms with Crippen molar-refractivity contribution in [1.82, 2.24) is 9.13 Å². The van der Waals surface area contributed by atoms with E-state index < -0.39 is 36.3 Å². The molecule has 0 unspecified atom stereocenters. The molecule has 0 saturated carbocycles. The van der Waals surface area contributed by atoms with Crippen molar-refractivity contribution in [2.75, 3.05) is 0 Å². The Balaban J connectivity index is 1.53. The smallest absolute Gasteiger partial charge is 0.0782 e. The predicted molar refractivity (Wildman–Crippen MR) is 161 cm³/mol. The van der Waals surface area contributed by atoms with Crippen molar-refractivity contribution in [1.29, 1.82) is 0 Å². The van der Waals surface area contributed by atoms with Crippen LogP contribution in [0.3, 0.4) is 0 Å². The topological polar surface area (TPSA) is 9.86 Å². The van der Waals surface area contributed by atoms with Gasteiger partial charge in [-0.05, 0) is 47.5 Å². The van der Waals surface area contributed by atoms with Gasteiger partial charge in [-0.1, -0.05) is 109 Å². The van der Waals surface area contributed by atoms with Crippen LogP contribution in [0, 0.1) is 0 Å². The quantitative estimate of drug-likeness (QED) is 0.231. The van der Waals surface area contributed by atoms with Crippen LogP contribution in [0.15, 0.2) is 145 Å². The van der Waals surface area contributed by atoms with Gasteiger partial charge < -0.3 is 9.13 Å². The van der Waals surface area contributed by atoms with Gasteiger partial charge in [-0.15, -0.1) is 0 Å². The largest absolute Gasteiger partial charge is 0.307 e. The molecule has 0 spiro atoms. The number of rotatable bonds is 3. The summed E-state index contributed by atoms with van der Waals surface area (Å²) in [6.07, 6.45) is 0. The summed E-state index contributed by atoms with van der Waals surface area (Å²) in [5.74, 6) is 0. The van der Waals surface area contributed by atoms with Crippen molar-refractivity contribution >= 4 is 43.6 Å².